The van der Waals surface area contributed by atoms with E-state index in [2.05, 4.69) is 29.2 Å². The Labute approximate surface area is 205 Å². The fourth-order valence-electron chi connectivity index (χ4n) is 3.81. The number of aromatic nitrogens is 1. The van der Waals surface area contributed by atoms with Crippen molar-refractivity contribution in [1.82, 2.24) is 15.4 Å². The highest BCUT2D eigenvalue weighted by Crippen LogP contribution is 2.25. The summed E-state index contributed by atoms with van der Waals surface area (Å²) in [6.45, 7) is 8.25. The predicted octanol–water partition coefficient (Wildman–Crippen LogP) is 4.83. The monoisotopic (exact) mass is 483 g/mol. The second-order valence-corrected chi connectivity index (χ2v) is 9.17. The zero-order valence-electron chi connectivity index (χ0n) is 19.5. The number of ether oxygens (including phenoxy) is 2. The van der Waals surface area contributed by atoms with Crippen LogP contribution in [0.5, 0.6) is 5.75 Å². The van der Waals surface area contributed by atoms with Gasteiger partial charge in [0, 0.05) is 36.3 Å². The van der Waals surface area contributed by atoms with Crippen molar-refractivity contribution in [2.75, 3.05) is 39.5 Å². The number of nitrogens with one attached hydrogen (secondary N) is 1. The van der Waals surface area contributed by atoms with E-state index in [1.165, 1.54) is 0 Å². The molecule has 0 radical (unpaired) electrons. The summed E-state index contributed by atoms with van der Waals surface area (Å²) in [5.74, 6) is 1.51. The van der Waals surface area contributed by atoms with Crippen LogP contribution in [0.4, 0.5) is 0 Å². The second kappa shape index (κ2) is 11.5. The van der Waals surface area contributed by atoms with Crippen molar-refractivity contribution < 1.29 is 18.8 Å². The number of morpholine rings is 1. The van der Waals surface area contributed by atoms with Crippen LogP contribution in [-0.4, -0.2) is 55.4 Å². The highest BCUT2D eigenvalue weighted by Gasteiger charge is 2.24. The molecule has 1 amide bonds. The lowest BCUT2D eigenvalue weighted by molar-refractivity contribution is 0.0162. The zero-order valence-corrected chi connectivity index (χ0v) is 20.3. The number of amides is 1. The Kier molecular flexibility index (Phi) is 8.21. The van der Waals surface area contributed by atoms with Crippen LogP contribution in [0.1, 0.15) is 35.9 Å². The van der Waals surface area contributed by atoms with Crippen LogP contribution >= 0.6 is 11.6 Å². The zero-order chi connectivity index (χ0) is 23.9. The molecule has 0 unspecified atom stereocenters. The maximum absolute atomic E-state index is 12.8. The molecule has 0 spiro atoms. The third-order valence-corrected chi connectivity index (χ3v) is 5.91. The molecule has 8 heteroatoms. The first-order valence-electron chi connectivity index (χ1n) is 11.5. The molecular weight excluding hydrogens is 454 g/mol. The summed E-state index contributed by atoms with van der Waals surface area (Å²) in [5, 5.41) is 7.68. The third-order valence-electron chi connectivity index (χ3n) is 5.66. The minimum atomic E-state index is -0.279. The highest BCUT2D eigenvalue weighted by atomic mass is 35.5. The summed E-state index contributed by atoms with van der Waals surface area (Å²) >= 11 is 6.07. The number of hydrogen-bond donors (Lipinski definition) is 1. The molecule has 1 aromatic heterocycles. The van der Waals surface area contributed by atoms with E-state index in [4.69, 9.17) is 25.6 Å². The average Bonchev–Trinajstić information content (AvgIpc) is 3.35. The Morgan fingerprint density at radius 3 is 2.50 bits per heavy atom. The van der Waals surface area contributed by atoms with Crippen LogP contribution in [0.25, 0.3) is 11.3 Å². The SMILES string of the molecule is CC(C)COc1ccc(-c2cc(C(=O)NC[C@@H](c3ccc(Cl)cc3)N3CCOCC3)no2)cc1. The minimum Gasteiger partial charge on any atom is -0.493 e. The summed E-state index contributed by atoms with van der Waals surface area (Å²) in [4.78, 5) is 15.2. The van der Waals surface area contributed by atoms with Crippen molar-refractivity contribution in [2.45, 2.75) is 19.9 Å². The first-order valence-corrected chi connectivity index (χ1v) is 11.9. The van der Waals surface area contributed by atoms with Crippen molar-refractivity contribution in [3.05, 3.63) is 70.9 Å². The molecule has 0 saturated carbocycles. The first-order chi connectivity index (χ1) is 16.5. The molecule has 1 saturated heterocycles. The molecule has 0 bridgehead atoms. The number of halogens is 1. The topological polar surface area (TPSA) is 76.8 Å². The maximum Gasteiger partial charge on any atom is 0.273 e. The summed E-state index contributed by atoms with van der Waals surface area (Å²) in [6.07, 6.45) is 0. The summed E-state index contributed by atoms with van der Waals surface area (Å²) < 4.78 is 16.7. The van der Waals surface area contributed by atoms with Crippen LogP contribution in [0.15, 0.2) is 59.1 Å². The maximum atomic E-state index is 12.8. The van der Waals surface area contributed by atoms with Crippen LogP contribution in [0, 0.1) is 5.92 Å². The molecule has 4 rings (SSSR count). The lowest BCUT2D eigenvalue weighted by Crippen LogP contribution is -2.43. The first kappa shape index (κ1) is 24.3. The minimum absolute atomic E-state index is 0.00914. The molecule has 2 aromatic carbocycles. The molecule has 180 valence electrons. The molecule has 34 heavy (non-hydrogen) atoms. The Morgan fingerprint density at radius 2 is 1.82 bits per heavy atom. The molecular formula is C26H30ClN3O4. The van der Waals surface area contributed by atoms with E-state index in [0.717, 1.165) is 30.0 Å². The van der Waals surface area contributed by atoms with Gasteiger partial charge in [0.1, 0.15) is 5.75 Å². The van der Waals surface area contributed by atoms with Gasteiger partial charge in [0.2, 0.25) is 0 Å². The lowest BCUT2D eigenvalue weighted by atomic mass is 10.0. The van der Waals surface area contributed by atoms with Crippen molar-refractivity contribution in [1.29, 1.82) is 0 Å². The number of carbonyl (C=O) groups is 1. The highest BCUT2D eigenvalue weighted by molar-refractivity contribution is 6.30. The Morgan fingerprint density at radius 1 is 1.12 bits per heavy atom. The van der Waals surface area contributed by atoms with E-state index in [0.29, 0.717) is 43.1 Å². The van der Waals surface area contributed by atoms with Crippen LogP contribution in [0.2, 0.25) is 5.02 Å². The van der Waals surface area contributed by atoms with E-state index < -0.39 is 0 Å². The van der Waals surface area contributed by atoms with Gasteiger partial charge in [-0.1, -0.05) is 42.7 Å². The van der Waals surface area contributed by atoms with Crippen LogP contribution in [0.3, 0.4) is 0 Å². The lowest BCUT2D eigenvalue weighted by Gasteiger charge is -2.34. The van der Waals surface area contributed by atoms with Gasteiger partial charge in [0.05, 0.1) is 25.9 Å². The number of rotatable bonds is 9. The van der Waals surface area contributed by atoms with Crippen molar-refractivity contribution >= 4 is 17.5 Å². The van der Waals surface area contributed by atoms with Crippen LogP contribution < -0.4 is 10.1 Å². The van der Waals surface area contributed by atoms with Gasteiger partial charge < -0.3 is 19.3 Å². The van der Waals surface area contributed by atoms with Crippen molar-refractivity contribution in [3.8, 4) is 17.1 Å². The van der Waals surface area contributed by atoms with E-state index >= 15 is 0 Å². The summed E-state index contributed by atoms with van der Waals surface area (Å²) in [6, 6.07) is 17.0. The van der Waals surface area contributed by atoms with Gasteiger partial charge in [-0.2, -0.15) is 0 Å². The largest absolute Gasteiger partial charge is 0.493 e. The van der Waals surface area contributed by atoms with Gasteiger partial charge in [-0.25, -0.2) is 0 Å². The van der Waals surface area contributed by atoms with Gasteiger partial charge >= 0.3 is 0 Å². The fraction of sp³-hybridized carbons (Fsp3) is 0.385. The molecule has 1 aliphatic heterocycles. The summed E-state index contributed by atoms with van der Waals surface area (Å²) in [7, 11) is 0. The molecule has 0 aliphatic carbocycles. The summed E-state index contributed by atoms with van der Waals surface area (Å²) in [5.41, 5.74) is 2.16. The van der Waals surface area contributed by atoms with E-state index in [1.54, 1.807) is 6.07 Å². The average molecular weight is 484 g/mol. The quantitative estimate of drug-likeness (QED) is 0.469. The fourth-order valence-corrected chi connectivity index (χ4v) is 3.93. The smallest absolute Gasteiger partial charge is 0.273 e. The van der Waals surface area contributed by atoms with Crippen molar-refractivity contribution in [2.24, 2.45) is 5.92 Å². The van der Waals surface area contributed by atoms with Crippen molar-refractivity contribution in [3.63, 3.8) is 0 Å². The molecule has 3 aromatic rings. The standard InChI is InChI=1S/C26H30ClN3O4/c1-18(2)17-33-22-9-5-20(6-10-22)25-15-23(29-34-25)26(31)28-16-24(30-11-13-32-14-12-30)19-3-7-21(27)8-4-19/h3-10,15,18,24H,11-14,16-17H2,1-2H3,(H,28,31)/t24-/m0/s1. The molecule has 1 N–H and O–H groups in total. The van der Waals surface area contributed by atoms with Crippen LogP contribution in [-0.2, 0) is 4.74 Å². The van der Waals surface area contributed by atoms with Gasteiger partial charge in [0.25, 0.3) is 5.91 Å². The van der Waals surface area contributed by atoms with E-state index in [9.17, 15) is 4.79 Å². The normalized spacial score (nSPS) is 15.3. The molecule has 7 nitrogen and oxygen atoms in total. The number of hydrogen-bond acceptors (Lipinski definition) is 6. The molecule has 1 aliphatic rings. The molecule has 1 atom stereocenters. The Balaban J connectivity index is 1.40. The van der Waals surface area contributed by atoms with Gasteiger partial charge in [-0.3, -0.25) is 9.69 Å². The van der Waals surface area contributed by atoms with Gasteiger partial charge in [0.15, 0.2) is 11.5 Å². The second-order valence-electron chi connectivity index (χ2n) is 8.73. The van der Waals surface area contributed by atoms with Gasteiger partial charge in [-0.15, -0.1) is 0 Å². The Hall–Kier alpha value is -2.87. The Bertz CT molecular complexity index is 1060. The number of nitrogens with zero attached hydrogens (tertiary/aromatic N) is 2. The van der Waals surface area contributed by atoms with Gasteiger partial charge in [-0.05, 0) is 47.9 Å². The number of benzene rings is 2. The third kappa shape index (κ3) is 6.38. The van der Waals surface area contributed by atoms with E-state index in [-0.39, 0.29) is 17.6 Å². The number of carbonyl (C=O) groups excluding carboxylic acids is 1. The van der Waals surface area contributed by atoms with E-state index in [1.807, 2.05) is 48.5 Å². The molecule has 1 fully saturated rings. The molecule has 2 heterocycles. The predicted molar refractivity (Wildman–Crippen MR) is 131 cm³/mol.